The Morgan fingerprint density at radius 1 is 0.938 bits per heavy atom. The first-order valence-electron chi connectivity index (χ1n) is 9.87. The molecule has 2 heterocycles. The summed E-state index contributed by atoms with van der Waals surface area (Å²) in [4.78, 5) is 19.8. The maximum atomic E-state index is 11.1. The van der Waals surface area contributed by atoms with E-state index in [1.165, 1.54) is 0 Å². The van der Waals surface area contributed by atoms with Crippen molar-refractivity contribution in [2.24, 2.45) is 4.99 Å². The van der Waals surface area contributed by atoms with Crippen molar-refractivity contribution in [1.82, 2.24) is 9.55 Å². The van der Waals surface area contributed by atoms with E-state index >= 15 is 0 Å². The Kier molecular flexibility index (Phi) is 4.98. The SMILES string of the molecule is N#CN=c1ccc2cnc3ccc(-c4ccc(Cl)cc4)cc3c2n1-c1ccc(C=O)cc1. The number of rotatable bonds is 3. The molecule has 0 saturated heterocycles. The molecule has 2 aromatic heterocycles. The van der Waals surface area contributed by atoms with E-state index in [4.69, 9.17) is 11.6 Å². The van der Waals surface area contributed by atoms with Gasteiger partial charge in [0.2, 0.25) is 6.19 Å². The average molecular weight is 435 g/mol. The molecule has 32 heavy (non-hydrogen) atoms. The highest BCUT2D eigenvalue weighted by Gasteiger charge is 2.11. The molecule has 0 aliphatic heterocycles. The number of aldehydes is 1. The number of carbonyl (C=O) groups is 1. The van der Waals surface area contributed by atoms with Gasteiger partial charge in [0.25, 0.3) is 0 Å². The fraction of sp³-hybridized carbons (Fsp3) is 0. The van der Waals surface area contributed by atoms with Crippen LogP contribution in [-0.2, 0) is 0 Å². The summed E-state index contributed by atoms with van der Waals surface area (Å²) in [6.07, 6.45) is 4.50. The standard InChI is InChI=1S/C26H15ClN4O/c27-21-7-3-18(4-8-21)19-5-11-24-23(13-19)26-20(14-29-24)6-12-25(30-16-28)31(26)22-9-1-17(15-32)2-10-22/h1-15H. The van der Waals surface area contributed by atoms with E-state index in [1.54, 1.807) is 18.2 Å². The molecule has 0 N–H and O–H groups in total. The van der Waals surface area contributed by atoms with Gasteiger partial charge in [-0.1, -0.05) is 29.8 Å². The highest BCUT2D eigenvalue weighted by Crippen LogP contribution is 2.30. The first-order chi connectivity index (χ1) is 15.7. The number of hydrogen-bond acceptors (Lipinski definition) is 4. The number of fused-ring (bicyclic) bond motifs is 3. The predicted octanol–water partition coefficient (Wildman–Crippen LogP) is 5.69. The quantitative estimate of drug-likeness (QED) is 0.208. The normalized spacial score (nSPS) is 11.6. The van der Waals surface area contributed by atoms with Crippen LogP contribution in [0.1, 0.15) is 10.4 Å². The lowest BCUT2D eigenvalue weighted by Gasteiger charge is -2.15. The van der Waals surface area contributed by atoms with E-state index in [2.05, 4.69) is 16.0 Å². The fourth-order valence-corrected chi connectivity index (χ4v) is 3.97. The summed E-state index contributed by atoms with van der Waals surface area (Å²) in [6.45, 7) is 0. The largest absolute Gasteiger partial charge is 0.298 e. The maximum absolute atomic E-state index is 11.1. The van der Waals surface area contributed by atoms with E-state index in [0.29, 0.717) is 16.1 Å². The van der Waals surface area contributed by atoms with E-state index < -0.39 is 0 Å². The average Bonchev–Trinajstić information content (AvgIpc) is 2.84. The Morgan fingerprint density at radius 2 is 1.69 bits per heavy atom. The molecule has 5 aromatic rings. The molecular weight excluding hydrogens is 420 g/mol. The van der Waals surface area contributed by atoms with Crippen LogP contribution < -0.4 is 5.49 Å². The third kappa shape index (κ3) is 3.43. The molecule has 0 atom stereocenters. The van der Waals surface area contributed by atoms with Gasteiger partial charge in [-0.25, -0.2) is 0 Å². The van der Waals surface area contributed by atoms with Crippen LogP contribution in [-0.4, -0.2) is 15.8 Å². The van der Waals surface area contributed by atoms with Crippen LogP contribution in [0.2, 0.25) is 5.02 Å². The summed E-state index contributed by atoms with van der Waals surface area (Å²) < 4.78 is 1.92. The Labute approximate surface area is 188 Å². The van der Waals surface area contributed by atoms with Crippen LogP contribution in [0.3, 0.4) is 0 Å². The van der Waals surface area contributed by atoms with Crippen molar-refractivity contribution in [1.29, 1.82) is 5.26 Å². The number of halogens is 1. The Morgan fingerprint density at radius 3 is 2.41 bits per heavy atom. The number of nitriles is 1. The summed E-state index contributed by atoms with van der Waals surface area (Å²) >= 11 is 6.06. The second kappa shape index (κ2) is 8.10. The molecule has 0 aliphatic carbocycles. The summed E-state index contributed by atoms with van der Waals surface area (Å²) in [5.41, 5.74) is 5.61. The first-order valence-corrected chi connectivity index (χ1v) is 10.2. The smallest absolute Gasteiger partial charge is 0.207 e. The van der Waals surface area contributed by atoms with Crippen LogP contribution in [0.4, 0.5) is 0 Å². The van der Waals surface area contributed by atoms with Gasteiger partial charge in [0.05, 0.1) is 11.0 Å². The Hall–Kier alpha value is -4.27. The summed E-state index contributed by atoms with van der Waals surface area (Å²) in [6, 6.07) is 24.6. The highest BCUT2D eigenvalue weighted by atomic mass is 35.5. The lowest BCUT2D eigenvalue weighted by Crippen LogP contribution is -2.19. The molecule has 152 valence electrons. The zero-order valence-corrected chi connectivity index (χ0v) is 17.5. The molecule has 6 heteroatoms. The van der Waals surface area contributed by atoms with Crippen LogP contribution in [0.15, 0.2) is 90.1 Å². The van der Waals surface area contributed by atoms with Gasteiger partial charge in [-0.15, -0.1) is 0 Å². The number of aromatic nitrogens is 2. The van der Waals surface area contributed by atoms with Gasteiger partial charge in [0.1, 0.15) is 11.8 Å². The van der Waals surface area contributed by atoms with Crippen molar-refractivity contribution in [3.05, 3.63) is 101 Å². The lowest BCUT2D eigenvalue weighted by atomic mass is 10.0. The van der Waals surface area contributed by atoms with Gasteiger partial charge in [-0.2, -0.15) is 10.3 Å². The predicted molar refractivity (Wildman–Crippen MR) is 126 cm³/mol. The van der Waals surface area contributed by atoms with Crippen molar-refractivity contribution in [3.8, 4) is 23.0 Å². The van der Waals surface area contributed by atoms with Crippen molar-refractivity contribution >= 4 is 39.7 Å². The molecule has 0 fully saturated rings. The van der Waals surface area contributed by atoms with E-state index in [0.717, 1.165) is 44.9 Å². The summed E-state index contributed by atoms with van der Waals surface area (Å²) in [5.74, 6) is 0. The molecule has 0 aliphatic rings. The van der Waals surface area contributed by atoms with E-state index in [-0.39, 0.29) is 0 Å². The van der Waals surface area contributed by atoms with Gasteiger partial charge >= 0.3 is 0 Å². The van der Waals surface area contributed by atoms with E-state index in [1.807, 2.05) is 71.6 Å². The minimum Gasteiger partial charge on any atom is -0.298 e. The van der Waals surface area contributed by atoms with Crippen molar-refractivity contribution in [3.63, 3.8) is 0 Å². The van der Waals surface area contributed by atoms with Crippen molar-refractivity contribution < 1.29 is 4.79 Å². The molecule has 5 rings (SSSR count). The number of nitrogens with zero attached hydrogens (tertiary/aromatic N) is 4. The summed E-state index contributed by atoms with van der Waals surface area (Å²) in [7, 11) is 0. The Bertz CT molecular complexity index is 1590. The number of hydrogen-bond donors (Lipinski definition) is 0. The number of carbonyl (C=O) groups excluding carboxylic acids is 1. The van der Waals surface area contributed by atoms with Crippen molar-refractivity contribution in [2.75, 3.05) is 0 Å². The molecule has 0 bridgehead atoms. The minimum atomic E-state index is 0.489. The van der Waals surface area contributed by atoms with Gasteiger partial charge in [0.15, 0.2) is 0 Å². The first kappa shape index (κ1) is 19.7. The van der Waals surface area contributed by atoms with E-state index in [9.17, 15) is 10.1 Å². The second-order valence-corrected chi connectivity index (χ2v) is 7.69. The maximum Gasteiger partial charge on any atom is 0.207 e. The molecule has 5 nitrogen and oxygen atoms in total. The molecule has 0 unspecified atom stereocenters. The molecule has 0 amide bonds. The van der Waals surface area contributed by atoms with Crippen LogP contribution in [0.25, 0.3) is 38.6 Å². The number of benzene rings is 3. The molecular formula is C26H15ClN4O. The van der Waals surface area contributed by atoms with Gasteiger partial charge < -0.3 is 0 Å². The lowest BCUT2D eigenvalue weighted by molar-refractivity contribution is 0.112. The molecule has 0 saturated carbocycles. The van der Waals surface area contributed by atoms with Crippen LogP contribution in [0.5, 0.6) is 0 Å². The van der Waals surface area contributed by atoms with Crippen molar-refractivity contribution in [2.45, 2.75) is 0 Å². The zero-order chi connectivity index (χ0) is 22.1. The van der Waals surface area contributed by atoms with Crippen LogP contribution in [0, 0.1) is 11.5 Å². The fourth-order valence-electron chi connectivity index (χ4n) is 3.84. The molecule has 0 spiro atoms. The number of pyridine rings is 2. The minimum absolute atomic E-state index is 0.489. The summed E-state index contributed by atoms with van der Waals surface area (Å²) in [5, 5.41) is 11.8. The topological polar surface area (TPSA) is 71.0 Å². The molecule has 3 aromatic carbocycles. The second-order valence-electron chi connectivity index (χ2n) is 7.25. The molecule has 0 radical (unpaired) electrons. The van der Waals surface area contributed by atoms with Gasteiger partial charge in [-0.05, 0) is 71.8 Å². The third-order valence-electron chi connectivity index (χ3n) is 5.36. The monoisotopic (exact) mass is 434 g/mol. The van der Waals surface area contributed by atoms with Gasteiger partial charge in [0, 0.05) is 33.2 Å². The van der Waals surface area contributed by atoms with Gasteiger partial charge in [-0.3, -0.25) is 14.3 Å². The van der Waals surface area contributed by atoms with Crippen LogP contribution >= 0.6 is 11.6 Å². The zero-order valence-electron chi connectivity index (χ0n) is 16.7. The third-order valence-corrected chi connectivity index (χ3v) is 5.61. The Balaban J connectivity index is 1.88. The highest BCUT2D eigenvalue weighted by molar-refractivity contribution is 6.30.